The Bertz CT molecular complexity index is 841. The van der Waals surface area contributed by atoms with Crippen LogP contribution in [0.4, 0.5) is 0 Å². The van der Waals surface area contributed by atoms with E-state index in [2.05, 4.69) is 27.7 Å². The average Bonchev–Trinajstić information content (AvgIpc) is 3.18. The maximum atomic E-state index is 12.7. The average molecular weight is 793 g/mol. The molecule has 0 aliphatic rings. The van der Waals surface area contributed by atoms with Crippen LogP contribution in [0.25, 0.3) is 0 Å². The SMILES string of the molecule is CCCCCCCCCCCCCCCCCCC(=O)OC[C@@H](COC(=O)CCCCCCCCCCCCC)OC(=O)CCCCCCCCCCC(C)C. The summed E-state index contributed by atoms with van der Waals surface area (Å²) in [7, 11) is 0. The second-order valence-electron chi connectivity index (χ2n) is 17.6. The van der Waals surface area contributed by atoms with Crippen LogP contribution < -0.4 is 0 Å². The Labute approximate surface area is 348 Å². The van der Waals surface area contributed by atoms with Gasteiger partial charge in [0.05, 0.1) is 0 Å². The third-order valence-corrected chi connectivity index (χ3v) is 11.3. The molecule has 0 saturated heterocycles. The van der Waals surface area contributed by atoms with Crippen LogP contribution in [0.2, 0.25) is 0 Å². The van der Waals surface area contributed by atoms with Crippen LogP contribution in [0.3, 0.4) is 0 Å². The number of ether oxygens (including phenoxy) is 3. The van der Waals surface area contributed by atoms with Crippen LogP contribution in [0.1, 0.15) is 278 Å². The van der Waals surface area contributed by atoms with Crippen molar-refractivity contribution in [1.29, 1.82) is 0 Å². The van der Waals surface area contributed by atoms with Crippen molar-refractivity contribution in [3.05, 3.63) is 0 Å². The fourth-order valence-corrected chi connectivity index (χ4v) is 7.51. The van der Waals surface area contributed by atoms with Crippen LogP contribution >= 0.6 is 0 Å². The van der Waals surface area contributed by atoms with Gasteiger partial charge in [-0.2, -0.15) is 0 Å². The van der Waals surface area contributed by atoms with Crippen LogP contribution in [0.15, 0.2) is 0 Å². The summed E-state index contributed by atoms with van der Waals surface area (Å²) in [5.74, 6) is -0.0567. The number of hydrogen-bond acceptors (Lipinski definition) is 6. The summed E-state index contributed by atoms with van der Waals surface area (Å²) in [6.07, 6.45) is 45.2. The number of carbonyl (C=O) groups excluding carboxylic acids is 3. The third kappa shape index (κ3) is 43.5. The van der Waals surface area contributed by atoms with E-state index in [0.29, 0.717) is 19.3 Å². The Kier molecular flexibility index (Phi) is 43.2. The van der Waals surface area contributed by atoms with Gasteiger partial charge in [-0.3, -0.25) is 14.4 Å². The third-order valence-electron chi connectivity index (χ3n) is 11.3. The van der Waals surface area contributed by atoms with Crippen LogP contribution in [-0.2, 0) is 28.6 Å². The van der Waals surface area contributed by atoms with Gasteiger partial charge in [-0.1, -0.05) is 240 Å². The van der Waals surface area contributed by atoms with Crippen molar-refractivity contribution in [2.75, 3.05) is 13.2 Å². The minimum atomic E-state index is -0.760. The minimum Gasteiger partial charge on any atom is -0.462 e. The highest BCUT2D eigenvalue weighted by Crippen LogP contribution is 2.17. The number of unbranched alkanes of at least 4 members (excludes halogenated alkanes) is 32. The largest absolute Gasteiger partial charge is 0.462 e. The maximum Gasteiger partial charge on any atom is 0.306 e. The van der Waals surface area contributed by atoms with Gasteiger partial charge in [0, 0.05) is 19.3 Å². The molecule has 332 valence electrons. The Balaban J connectivity index is 4.28. The van der Waals surface area contributed by atoms with Crippen molar-refractivity contribution in [3.63, 3.8) is 0 Å². The molecule has 0 aromatic heterocycles. The van der Waals surface area contributed by atoms with Crippen LogP contribution in [-0.4, -0.2) is 37.2 Å². The molecule has 6 nitrogen and oxygen atoms in total. The molecule has 0 aromatic carbocycles. The summed E-state index contributed by atoms with van der Waals surface area (Å²) < 4.78 is 16.8. The zero-order valence-electron chi connectivity index (χ0n) is 38.1. The molecular weight excluding hydrogens is 697 g/mol. The molecule has 0 N–H and O–H groups in total. The number of hydrogen-bond donors (Lipinski definition) is 0. The standard InChI is InChI=1S/C50H96O6/c1-5-7-9-11-13-15-17-18-19-20-21-23-25-30-34-38-42-49(52)55-45-47(56-50(53)43-39-35-31-27-26-28-32-36-40-46(3)4)44-54-48(51)41-37-33-29-24-22-16-14-12-10-8-6-2/h46-47H,5-45H2,1-4H3/t47-/m1/s1. The molecule has 0 aromatic rings. The van der Waals surface area contributed by atoms with E-state index in [0.717, 1.165) is 63.7 Å². The lowest BCUT2D eigenvalue weighted by molar-refractivity contribution is -0.167. The number of carbonyl (C=O) groups is 3. The fraction of sp³-hybridized carbons (Fsp3) is 0.940. The van der Waals surface area contributed by atoms with Gasteiger partial charge in [-0.15, -0.1) is 0 Å². The quantitative estimate of drug-likeness (QED) is 0.0347. The monoisotopic (exact) mass is 793 g/mol. The van der Waals surface area contributed by atoms with Gasteiger partial charge in [0.2, 0.25) is 0 Å². The lowest BCUT2D eigenvalue weighted by atomic mass is 10.0. The zero-order chi connectivity index (χ0) is 41.0. The second-order valence-corrected chi connectivity index (χ2v) is 17.6. The highest BCUT2D eigenvalue weighted by atomic mass is 16.6. The highest BCUT2D eigenvalue weighted by Gasteiger charge is 2.19. The molecule has 0 aliphatic heterocycles. The first-order valence-electron chi connectivity index (χ1n) is 24.9. The lowest BCUT2D eigenvalue weighted by Crippen LogP contribution is -2.30. The van der Waals surface area contributed by atoms with Crippen LogP contribution in [0, 0.1) is 5.92 Å². The van der Waals surface area contributed by atoms with Gasteiger partial charge in [0.15, 0.2) is 6.10 Å². The van der Waals surface area contributed by atoms with E-state index in [9.17, 15) is 14.4 Å². The zero-order valence-corrected chi connectivity index (χ0v) is 38.1. The van der Waals surface area contributed by atoms with E-state index < -0.39 is 6.10 Å². The molecule has 1 atom stereocenters. The van der Waals surface area contributed by atoms with Crippen molar-refractivity contribution in [2.24, 2.45) is 5.92 Å². The van der Waals surface area contributed by atoms with Crippen molar-refractivity contribution in [1.82, 2.24) is 0 Å². The molecule has 0 bridgehead atoms. The maximum absolute atomic E-state index is 12.7. The van der Waals surface area contributed by atoms with E-state index in [-0.39, 0.29) is 31.1 Å². The molecule has 0 saturated carbocycles. The summed E-state index contributed by atoms with van der Waals surface area (Å²) >= 11 is 0. The molecule has 6 heteroatoms. The highest BCUT2D eigenvalue weighted by molar-refractivity contribution is 5.71. The van der Waals surface area contributed by atoms with Gasteiger partial charge in [0.25, 0.3) is 0 Å². The van der Waals surface area contributed by atoms with E-state index in [4.69, 9.17) is 14.2 Å². The molecule has 0 fully saturated rings. The van der Waals surface area contributed by atoms with Gasteiger partial charge in [0.1, 0.15) is 13.2 Å². The molecule has 0 spiro atoms. The number of esters is 3. The molecule has 0 rings (SSSR count). The number of rotatable bonds is 45. The Morgan fingerprint density at radius 1 is 0.339 bits per heavy atom. The van der Waals surface area contributed by atoms with Crippen LogP contribution in [0.5, 0.6) is 0 Å². The topological polar surface area (TPSA) is 78.9 Å². The van der Waals surface area contributed by atoms with E-state index in [1.54, 1.807) is 0 Å². The van der Waals surface area contributed by atoms with E-state index in [1.807, 2.05) is 0 Å². The van der Waals surface area contributed by atoms with Gasteiger partial charge >= 0.3 is 17.9 Å². The normalized spacial score (nSPS) is 11.9. The molecule has 0 heterocycles. The Morgan fingerprint density at radius 3 is 0.875 bits per heavy atom. The molecule has 0 amide bonds. The fourth-order valence-electron chi connectivity index (χ4n) is 7.51. The van der Waals surface area contributed by atoms with E-state index in [1.165, 1.54) is 173 Å². The lowest BCUT2D eigenvalue weighted by Gasteiger charge is -2.18. The smallest absolute Gasteiger partial charge is 0.306 e. The molecule has 0 unspecified atom stereocenters. The molecule has 56 heavy (non-hydrogen) atoms. The van der Waals surface area contributed by atoms with Crippen molar-refractivity contribution in [2.45, 2.75) is 284 Å². The van der Waals surface area contributed by atoms with Gasteiger partial charge in [-0.25, -0.2) is 0 Å². The molecule has 0 radical (unpaired) electrons. The van der Waals surface area contributed by atoms with Gasteiger partial charge in [-0.05, 0) is 25.2 Å². The van der Waals surface area contributed by atoms with Crippen molar-refractivity contribution in [3.8, 4) is 0 Å². The first-order chi connectivity index (χ1) is 27.4. The van der Waals surface area contributed by atoms with Gasteiger partial charge < -0.3 is 14.2 Å². The summed E-state index contributed by atoms with van der Waals surface area (Å²) in [5, 5.41) is 0. The minimum absolute atomic E-state index is 0.0635. The molecular formula is C50H96O6. The summed E-state index contributed by atoms with van der Waals surface area (Å²) in [5.41, 5.74) is 0. The van der Waals surface area contributed by atoms with Crippen molar-refractivity contribution >= 4 is 17.9 Å². The predicted molar refractivity (Wildman–Crippen MR) is 238 cm³/mol. The predicted octanol–water partition coefficient (Wildman–Crippen LogP) is 15.9. The van der Waals surface area contributed by atoms with E-state index >= 15 is 0 Å². The second kappa shape index (κ2) is 44.5. The molecule has 0 aliphatic carbocycles. The first-order valence-corrected chi connectivity index (χ1v) is 24.9. The summed E-state index contributed by atoms with van der Waals surface area (Å²) in [4.78, 5) is 37.8. The van der Waals surface area contributed by atoms with Crippen molar-refractivity contribution < 1.29 is 28.6 Å². The summed E-state index contributed by atoms with van der Waals surface area (Å²) in [6, 6.07) is 0. The first kappa shape index (κ1) is 54.4. The Hall–Kier alpha value is -1.59. The Morgan fingerprint density at radius 2 is 0.589 bits per heavy atom. The summed E-state index contributed by atoms with van der Waals surface area (Å²) in [6.45, 7) is 8.98.